The highest BCUT2D eigenvalue weighted by Gasteiger charge is 2.14. The summed E-state index contributed by atoms with van der Waals surface area (Å²) >= 11 is 1.23. The van der Waals surface area contributed by atoms with E-state index in [9.17, 15) is 9.59 Å². The lowest BCUT2D eigenvalue weighted by Crippen LogP contribution is -2.21. The Morgan fingerprint density at radius 3 is 2.82 bits per heavy atom. The molecule has 2 aromatic rings. The second-order valence-corrected chi connectivity index (χ2v) is 5.13. The lowest BCUT2D eigenvalue weighted by molar-refractivity contribution is -0.142. The van der Waals surface area contributed by atoms with E-state index in [4.69, 9.17) is 9.57 Å². The average molecular weight is 320 g/mol. The van der Waals surface area contributed by atoms with Gasteiger partial charge in [-0.25, -0.2) is 4.98 Å². The van der Waals surface area contributed by atoms with Crippen LogP contribution in [0.5, 0.6) is 0 Å². The van der Waals surface area contributed by atoms with Crippen molar-refractivity contribution in [3.63, 3.8) is 0 Å². The lowest BCUT2D eigenvalue weighted by atomic mass is 10.2. The molecule has 0 aliphatic heterocycles. The molecule has 0 N–H and O–H groups in total. The third-order valence-electron chi connectivity index (χ3n) is 2.67. The number of hydrogen-bond donors (Lipinski definition) is 0. The number of hydrogen-bond acceptors (Lipinski definition) is 6. The van der Waals surface area contributed by atoms with Crippen LogP contribution in [0, 0.1) is 0 Å². The van der Waals surface area contributed by atoms with E-state index in [0.717, 1.165) is 10.6 Å². The van der Waals surface area contributed by atoms with Crippen LogP contribution in [-0.2, 0) is 32.2 Å². The molecule has 0 spiro atoms. The van der Waals surface area contributed by atoms with E-state index in [1.165, 1.54) is 11.3 Å². The number of carbonyl (C=O) groups excluding carboxylic acids is 2. The second-order valence-electron chi connectivity index (χ2n) is 4.29. The van der Waals surface area contributed by atoms with Crippen molar-refractivity contribution in [2.24, 2.45) is 0 Å². The highest BCUT2D eigenvalue weighted by molar-refractivity contribution is 7.13. The van der Waals surface area contributed by atoms with Crippen molar-refractivity contribution in [2.45, 2.75) is 20.0 Å². The molecule has 1 aromatic carbocycles. The highest BCUT2D eigenvalue weighted by Crippen LogP contribution is 2.21. The zero-order valence-corrected chi connectivity index (χ0v) is 12.9. The van der Waals surface area contributed by atoms with Crippen LogP contribution in [0.2, 0.25) is 0 Å². The van der Waals surface area contributed by atoms with Gasteiger partial charge in [-0.05, 0) is 12.5 Å². The van der Waals surface area contributed by atoms with E-state index < -0.39 is 0 Å². The van der Waals surface area contributed by atoms with Crippen molar-refractivity contribution in [1.82, 2.24) is 4.98 Å². The van der Waals surface area contributed by atoms with E-state index in [-0.39, 0.29) is 19.0 Å². The summed E-state index contributed by atoms with van der Waals surface area (Å²) in [5.74, 6) is -0.345. The van der Waals surface area contributed by atoms with E-state index >= 15 is 0 Å². The summed E-state index contributed by atoms with van der Waals surface area (Å²) in [6, 6.07) is 9.49. The molecular formula is C15H16N2O4S. The number of benzene rings is 1. The number of esters is 1. The molecule has 0 bridgehead atoms. The highest BCUT2D eigenvalue weighted by atomic mass is 32.1. The van der Waals surface area contributed by atoms with Gasteiger partial charge in [0.05, 0.1) is 18.7 Å². The van der Waals surface area contributed by atoms with Crippen molar-refractivity contribution in [3.05, 3.63) is 47.0 Å². The third-order valence-corrected chi connectivity index (χ3v) is 3.54. The van der Waals surface area contributed by atoms with Crippen LogP contribution in [0.15, 0.2) is 35.7 Å². The summed E-state index contributed by atoms with van der Waals surface area (Å²) in [5, 5.41) is 3.14. The Labute approximate surface area is 132 Å². The monoisotopic (exact) mass is 320 g/mol. The number of rotatable bonds is 8. The first kappa shape index (κ1) is 16.1. The Balaban J connectivity index is 1.95. The molecule has 0 saturated carbocycles. The first-order valence-corrected chi connectivity index (χ1v) is 7.62. The van der Waals surface area contributed by atoms with Crippen molar-refractivity contribution < 1.29 is 19.2 Å². The van der Waals surface area contributed by atoms with Gasteiger partial charge in [-0.1, -0.05) is 30.3 Å². The normalized spacial score (nSPS) is 10.2. The van der Waals surface area contributed by atoms with E-state index in [1.54, 1.807) is 12.3 Å². The standard InChI is InChI=1S/C15H16N2O4S/c1-2-20-14(19)8-13-10-22-15(16-13)17(11-18)21-9-12-6-4-3-5-7-12/h3-7,10-11H,2,8-9H2,1H3. The van der Waals surface area contributed by atoms with Gasteiger partial charge in [0, 0.05) is 5.38 Å². The van der Waals surface area contributed by atoms with Crippen LogP contribution >= 0.6 is 11.3 Å². The Morgan fingerprint density at radius 1 is 1.36 bits per heavy atom. The average Bonchev–Trinajstić information content (AvgIpc) is 2.97. The lowest BCUT2D eigenvalue weighted by Gasteiger charge is -2.13. The zero-order chi connectivity index (χ0) is 15.8. The molecule has 1 heterocycles. The SMILES string of the molecule is CCOC(=O)Cc1csc(N(C=O)OCc2ccccc2)n1. The molecule has 116 valence electrons. The van der Waals surface area contributed by atoms with Gasteiger partial charge in [-0.15, -0.1) is 11.3 Å². The summed E-state index contributed by atoms with van der Waals surface area (Å²) < 4.78 is 4.86. The molecule has 0 radical (unpaired) electrons. The molecule has 0 saturated heterocycles. The smallest absolute Gasteiger partial charge is 0.311 e. The maximum absolute atomic E-state index is 11.4. The molecule has 0 aliphatic carbocycles. The van der Waals surface area contributed by atoms with Crippen LogP contribution in [0.4, 0.5) is 5.13 Å². The van der Waals surface area contributed by atoms with Gasteiger partial charge in [0.15, 0.2) is 0 Å². The number of nitrogens with zero attached hydrogens (tertiary/aromatic N) is 2. The quantitative estimate of drug-likeness (QED) is 0.424. The third kappa shape index (κ3) is 4.64. The van der Waals surface area contributed by atoms with Crippen molar-refractivity contribution in [1.29, 1.82) is 0 Å². The summed E-state index contributed by atoms with van der Waals surface area (Å²) in [5.41, 5.74) is 1.49. The van der Waals surface area contributed by atoms with Gasteiger partial charge >= 0.3 is 5.97 Å². The molecular weight excluding hydrogens is 304 g/mol. The Morgan fingerprint density at radius 2 is 2.14 bits per heavy atom. The number of ether oxygens (including phenoxy) is 1. The zero-order valence-electron chi connectivity index (χ0n) is 12.1. The number of amides is 1. The van der Waals surface area contributed by atoms with Crippen LogP contribution in [0.25, 0.3) is 0 Å². The Hall–Kier alpha value is -2.25. The fourth-order valence-electron chi connectivity index (χ4n) is 1.69. The molecule has 22 heavy (non-hydrogen) atoms. The molecule has 1 amide bonds. The summed E-state index contributed by atoms with van der Waals surface area (Å²) in [7, 11) is 0. The molecule has 0 aliphatic rings. The maximum Gasteiger partial charge on any atom is 0.311 e. The van der Waals surface area contributed by atoms with Crippen LogP contribution in [-0.4, -0.2) is 24.0 Å². The largest absolute Gasteiger partial charge is 0.466 e. The fraction of sp³-hybridized carbons (Fsp3) is 0.267. The fourth-order valence-corrected chi connectivity index (χ4v) is 2.43. The number of anilines is 1. The minimum Gasteiger partial charge on any atom is -0.466 e. The van der Waals surface area contributed by atoms with Crippen LogP contribution in [0.3, 0.4) is 0 Å². The minimum atomic E-state index is -0.345. The summed E-state index contributed by atoms with van der Waals surface area (Å²) in [4.78, 5) is 32.2. The molecule has 6 nitrogen and oxygen atoms in total. The first-order chi connectivity index (χ1) is 10.7. The Bertz CT molecular complexity index is 615. The Kier molecular flexibility index (Phi) is 6.05. The molecule has 0 atom stereocenters. The van der Waals surface area contributed by atoms with Gasteiger partial charge in [-0.3, -0.25) is 14.4 Å². The minimum absolute atomic E-state index is 0.0791. The summed E-state index contributed by atoms with van der Waals surface area (Å²) in [6.07, 6.45) is 0.631. The van der Waals surface area contributed by atoms with Crippen molar-refractivity contribution in [3.8, 4) is 0 Å². The second kappa shape index (κ2) is 8.26. The number of carbonyl (C=O) groups is 2. The van der Waals surface area contributed by atoms with Crippen molar-refractivity contribution >= 4 is 28.8 Å². The van der Waals surface area contributed by atoms with Crippen molar-refractivity contribution in [2.75, 3.05) is 11.7 Å². The maximum atomic E-state index is 11.4. The predicted octanol–water partition coefficient (Wildman–Crippen LogP) is 2.34. The summed E-state index contributed by atoms with van der Waals surface area (Å²) in [6.45, 7) is 2.33. The number of hydroxylamine groups is 1. The molecule has 0 fully saturated rings. The predicted molar refractivity (Wildman–Crippen MR) is 82.2 cm³/mol. The molecule has 2 rings (SSSR count). The van der Waals surface area contributed by atoms with Crippen LogP contribution < -0.4 is 5.06 Å². The van der Waals surface area contributed by atoms with E-state index in [2.05, 4.69) is 4.98 Å². The molecule has 0 unspecified atom stereocenters. The topological polar surface area (TPSA) is 68.7 Å². The van der Waals surface area contributed by atoms with Gasteiger partial charge in [-0.2, -0.15) is 5.06 Å². The van der Waals surface area contributed by atoms with E-state index in [1.807, 2.05) is 30.3 Å². The molecule has 7 heteroatoms. The molecule has 1 aromatic heterocycles. The van der Waals surface area contributed by atoms with Gasteiger partial charge in [0.25, 0.3) is 0 Å². The number of thiazole rings is 1. The van der Waals surface area contributed by atoms with E-state index in [0.29, 0.717) is 23.8 Å². The first-order valence-electron chi connectivity index (χ1n) is 6.74. The van der Waals surface area contributed by atoms with Gasteiger partial charge < -0.3 is 4.74 Å². The van der Waals surface area contributed by atoms with Gasteiger partial charge in [0.1, 0.15) is 6.61 Å². The van der Waals surface area contributed by atoms with Gasteiger partial charge in [0.2, 0.25) is 11.5 Å². The van der Waals surface area contributed by atoms with Crippen LogP contribution in [0.1, 0.15) is 18.2 Å². The number of aromatic nitrogens is 1.